The van der Waals surface area contributed by atoms with Gasteiger partial charge in [0.2, 0.25) is 0 Å². The third kappa shape index (κ3) is 5.50. The van der Waals surface area contributed by atoms with Gasteiger partial charge in [-0.2, -0.15) is 13.2 Å². The van der Waals surface area contributed by atoms with Crippen molar-refractivity contribution >= 4 is 6.09 Å². The van der Waals surface area contributed by atoms with Gasteiger partial charge in [0.15, 0.2) is 6.61 Å². The number of benzene rings is 1. The van der Waals surface area contributed by atoms with Crippen molar-refractivity contribution < 1.29 is 27.8 Å². The molecule has 1 rings (SSSR count). The average molecular weight is 277 g/mol. The monoisotopic (exact) mass is 277 g/mol. The number of amides is 1. The molecular formula is C12H14F3NO3. The normalized spacial score (nSPS) is 12.8. The maximum Gasteiger partial charge on any atom is 0.422 e. The first-order valence-electron chi connectivity index (χ1n) is 5.61. The maximum atomic E-state index is 11.9. The van der Waals surface area contributed by atoms with Crippen LogP contribution in [0, 0.1) is 0 Å². The van der Waals surface area contributed by atoms with Crippen molar-refractivity contribution in [2.24, 2.45) is 0 Å². The average Bonchev–Trinajstić information content (AvgIpc) is 2.33. The number of carbonyl (C=O) groups is 1. The van der Waals surface area contributed by atoms with Crippen LogP contribution in [0.25, 0.3) is 0 Å². The van der Waals surface area contributed by atoms with Crippen LogP contribution < -0.4 is 10.1 Å². The third-order valence-electron chi connectivity index (χ3n) is 2.39. The third-order valence-corrected chi connectivity index (χ3v) is 2.39. The minimum atomic E-state index is -4.38. The lowest BCUT2D eigenvalue weighted by molar-refractivity contribution is -0.153. The summed E-state index contributed by atoms with van der Waals surface area (Å²) in [5, 5.41) is 11.0. The molecule has 0 aliphatic rings. The lowest BCUT2D eigenvalue weighted by Gasteiger charge is -2.16. The van der Waals surface area contributed by atoms with Crippen molar-refractivity contribution in [1.29, 1.82) is 0 Å². The lowest BCUT2D eigenvalue weighted by Crippen LogP contribution is -2.26. The Kier molecular flexibility index (Phi) is 5.02. The van der Waals surface area contributed by atoms with Crippen LogP contribution in [0.2, 0.25) is 0 Å². The first-order chi connectivity index (χ1) is 8.81. The standard InChI is InChI=1S/C12H14F3NO3/c1-2-10(16-11(17)18)8-3-5-9(6-4-8)19-7-12(13,14)15/h3-6,10,16H,2,7H2,1H3,(H,17,18). The van der Waals surface area contributed by atoms with Crippen LogP contribution in [0.5, 0.6) is 5.75 Å². The lowest BCUT2D eigenvalue weighted by atomic mass is 10.0. The van der Waals surface area contributed by atoms with E-state index >= 15 is 0 Å². The largest absolute Gasteiger partial charge is 0.484 e. The highest BCUT2D eigenvalue weighted by molar-refractivity contribution is 5.65. The molecule has 0 heterocycles. The zero-order valence-electron chi connectivity index (χ0n) is 10.2. The van der Waals surface area contributed by atoms with E-state index in [4.69, 9.17) is 5.11 Å². The Balaban J connectivity index is 2.67. The quantitative estimate of drug-likeness (QED) is 0.867. The van der Waals surface area contributed by atoms with E-state index in [1.165, 1.54) is 24.3 Å². The minimum Gasteiger partial charge on any atom is -0.484 e. The highest BCUT2D eigenvalue weighted by atomic mass is 19.4. The predicted molar refractivity (Wildman–Crippen MR) is 62.2 cm³/mol. The fourth-order valence-corrected chi connectivity index (χ4v) is 1.53. The number of ether oxygens (including phenoxy) is 1. The summed E-state index contributed by atoms with van der Waals surface area (Å²) >= 11 is 0. The molecule has 1 aromatic carbocycles. The van der Waals surface area contributed by atoms with Gasteiger partial charge in [0.05, 0.1) is 6.04 Å². The van der Waals surface area contributed by atoms with Crippen LogP contribution in [0.4, 0.5) is 18.0 Å². The van der Waals surface area contributed by atoms with Gasteiger partial charge in [0.1, 0.15) is 5.75 Å². The first-order valence-corrected chi connectivity index (χ1v) is 5.61. The second kappa shape index (κ2) is 6.31. The van der Waals surface area contributed by atoms with E-state index < -0.39 is 24.9 Å². The summed E-state index contributed by atoms with van der Waals surface area (Å²) in [4.78, 5) is 10.6. The summed E-state index contributed by atoms with van der Waals surface area (Å²) in [6.07, 6.45) is -4.99. The molecule has 1 unspecified atom stereocenters. The van der Waals surface area contributed by atoms with Crippen LogP contribution in [-0.4, -0.2) is 24.0 Å². The Labute approximate surface area is 108 Å². The second-order valence-corrected chi connectivity index (χ2v) is 3.88. The summed E-state index contributed by atoms with van der Waals surface area (Å²) in [6, 6.07) is 5.45. The number of hydrogen-bond acceptors (Lipinski definition) is 2. The predicted octanol–water partition coefficient (Wildman–Crippen LogP) is 3.35. The Morgan fingerprint density at radius 1 is 1.37 bits per heavy atom. The molecule has 106 valence electrons. The van der Waals surface area contributed by atoms with E-state index in [-0.39, 0.29) is 5.75 Å². The molecule has 7 heteroatoms. The van der Waals surface area contributed by atoms with Crippen molar-refractivity contribution in [3.05, 3.63) is 29.8 Å². The van der Waals surface area contributed by atoms with Crippen LogP contribution >= 0.6 is 0 Å². The van der Waals surface area contributed by atoms with E-state index in [0.29, 0.717) is 12.0 Å². The fraction of sp³-hybridized carbons (Fsp3) is 0.417. The molecule has 0 spiro atoms. The number of alkyl halides is 3. The summed E-state index contributed by atoms with van der Waals surface area (Å²) in [5.41, 5.74) is 0.671. The molecule has 1 atom stereocenters. The molecule has 0 bridgehead atoms. The number of carboxylic acid groups (broad SMARTS) is 1. The molecular weight excluding hydrogens is 263 g/mol. The number of hydrogen-bond donors (Lipinski definition) is 2. The van der Waals surface area contributed by atoms with Gasteiger partial charge >= 0.3 is 12.3 Å². The number of nitrogens with one attached hydrogen (secondary N) is 1. The molecule has 1 aromatic rings. The van der Waals surface area contributed by atoms with Crippen molar-refractivity contribution in [2.45, 2.75) is 25.6 Å². The molecule has 4 nitrogen and oxygen atoms in total. The van der Waals surface area contributed by atoms with Gasteiger partial charge in [-0.15, -0.1) is 0 Å². The molecule has 1 amide bonds. The summed E-state index contributed by atoms with van der Waals surface area (Å²) in [5.74, 6) is 0.0891. The molecule has 0 aliphatic heterocycles. The number of halogens is 3. The zero-order valence-corrected chi connectivity index (χ0v) is 10.2. The Morgan fingerprint density at radius 3 is 2.37 bits per heavy atom. The number of rotatable bonds is 5. The summed E-state index contributed by atoms with van der Waals surface area (Å²) < 4.78 is 40.4. The summed E-state index contributed by atoms with van der Waals surface area (Å²) in [6.45, 7) is 0.450. The second-order valence-electron chi connectivity index (χ2n) is 3.88. The molecule has 2 N–H and O–H groups in total. The van der Waals surface area contributed by atoms with Gasteiger partial charge in [-0.05, 0) is 24.1 Å². The Hall–Kier alpha value is -1.92. The smallest absolute Gasteiger partial charge is 0.422 e. The van der Waals surface area contributed by atoms with Gasteiger partial charge < -0.3 is 15.2 Å². The Morgan fingerprint density at radius 2 is 1.95 bits per heavy atom. The minimum absolute atomic E-state index is 0.0891. The molecule has 0 aliphatic carbocycles. The van der Waals surface area contributed by atoms with E-state index in [1.54, 1.807) is 6.92 Å². The summed E-state index contributed by atoms with van der Waals surface area (Å²) in [7, 11) is 0. The molecule has 0 aromatic heterocycles. The van der Waals surface area contributed by atoms with Crippen LogP contribution in [0.3, 0.4) is 0 Å². The maximum absolute atomic E-state index is 11.9. The van der Waals surface area contributed by atoms with Gasteiger partial charge in [0, 0.05) is 0 Å². The zero-order chi connectivity index (χ0) is 14.5. The molecule has 0 saturated heterocycles. The fourth-order valence-electron chi connectivity index (χ4n) is 1.53. The highest BCUT2D eigenvalue weighted by Crippen LogP contribution is 2.22. The van der Waals surface area contributed by atoms with E-state index in [2.05, 4.69) is 10.1 Å². The van der Waals surface area contributed by atoms with Crippen molar-refractivity contribution in [3.8, 4) is 5.75 Å². The van der Waals surface area contributed by atoms with Gasteiger partial charge in [-0.3, -0.25) is 0 Å². The first kappa shape index (κ1) is 15.1. The van der Waals surface area contributed by atoms with Crippen molar-refractivity contribution in [3.63, 3.8) is 0 Å². The highest BCUT2D eigenvalue weighted by Gasteiger charge is 2.28. The van der Waals surface area contributed by atoms with E-state index in [9.17, 15) is 18.0 Å². The van der Waals surface area contributed by atoms with Gasteiger partial charge in [-0.25, -0.2) is 4.79 Å². The van der Waals surface area contributed by atoms with Gasteiger partial charge in [0.25, 0.3) is 0 Å². The molecule has 0 saturated carbocycles. The van der Waals surface area contributed by atoms with Crippen molar-refractivity contribution in [2.75, 3.05) is 6.61 Å². The van der Waals surface area contributed by atoms with Crippen LogP contribution in [0.15, 0.2) is 24.3 Å². The molecule has 0 fully saturated rings. The Bertz CT molecular complexity index is 417. The van der Waals surface area contributed by atoms with Crippen LogP contribution in [-0.2, 0) is 0 Å². The van der Waals surface area contributed by atoms with E-state index in [0.717, 1.165) is 0 Å². The molecule has 19 heavy (non-hydrogen) atoms. The van der Waals surface area contributed by atoms with Crippen LogP contribution in [0.1, 0.15) is 24.9 Å². The topological polar surface area (TPSA) is 58.6 Å². The van der Waals surface area contributed by atoms with Gasteiger partial charge in [-0.1, -0.05) is 19.1 Å². The SMILES string of the molecule is CCC(NC(=O)O)c1ccc(OCC(F)(F)F)cc1. The van der Waals surface area contributed by atoms with Crippen molar-refractivity contribution in [1.82, 2.24) is 5.32 Å². The van der Waals surface area contributed by atoms with E-state index in [1.807, 2.05) is 0 Å². The molecule has 0 radical (unpaired) electrons.